The third-order valence-corrected chi connectivity index (χ3v) is 4.65. The van der Waals surface area contributed by atoms with Crippen molar-refractivity contribution >= 4 is 22.4 Å². The number of unbranched alkanes of at least 4 members (excludes halogenated alkanes) is 2. The van der Waals surface area contributed by atoms with Crippen LogP contribution in [0.2, 0.25) is 0 Å². The Kier molecular flexibility index (Phi) is 6.49. The molecule has 0 aliphatic heterocycles. The second-order valence-electron chi connectivity index (χ2n) is 6.75. The van der Waals surface area contributed by atoms with Gasteiger partial charge in [0.2, 0.25) is 0 Å². The molecule has 0 atom stereocenters. The average molecular weight is 394 g/mol. The molecule has 0 bridgehead atoms. The van der Waals surface area contributed by atoms with E-state index in [2.05, 4.69) is 22.5 Å². The maximum absolute atomic E-state index is 13.9. The van der Waals surface area contributed by atoms with Gasteiger partial charge in [-0.2, -0.15) is 10.2 Å². The third-order valence-electron chi connectivity index (χ3n) is 4.65. The van der Waals surface area contributed by atoms with Gasteiger partial charge < -0.3 is 0 Å². The van der Waals surface area contributed by atoms with Crippen molar-refractivity contribution < 1.29 is 9.18 Å². The minimum absolute atomic E-state index is 0.113. The van der Waals surface area contributed by atoms with Crippen LogP contribution in [-0.2, 0) is 6.54 Å². The summed E-state index contributed by atoms with van der Waals surface area (Å²) in [6.07, 6.45) is 2.78. The maximum atomic E-state index is 13.9. The molecule has 1 heterocycles. The van der Waals surface area contributed by atoms with Crippen molar-refractivity contribution in [3.05, 3.63) is 76.0 Å². The number of hydrogen-bond acceptors (Lipinski definition) is 4. The highest BCUT2D eigenvalue weighted by atomic mass is 19.1. The van der Waals surface area contributed by atoms with Crippen LogP contribution in [0.3, 0.4) is 0 Å². The predicted octanol–water partition coefficient (Wildman–Crippen LogP) is 3.88. The number of halogens is 1. The van der Waals surface area contributed by atoms with Crippen LogP contribution in [0.5, 0.6) is 0 Å². The van der Waals surface area contributed by atoms with Gasteiger partial charge in [0.25, 0.3) is 11.5 Å². The van der Waals surface area contributed by atoms with Crippen LogP contribution in [0.1, 0.15) is 49.2 Å². The number of aromatic nitrogens is 2. The Hall–Kier alpha value is -3.35. The normalized spacial score (nSPS) is 11.6. The van der Waals surface area contributed by atoms with Gasteiger partial charge in [-0.3, -0.25) is 9.59 Å². The van der Waals surface area contributed by atoms with E-state index in [0.29, 0.717) is 28.6 Å². The molecule has 0 spiro atoms. The van der Waals surface area contributed by atoms with E-state index in [-0.39, 0.29) is 11.3 Å². The number of fused-ring (bicyclic) bond motifs is 1. The van der Waals surface area contributed by atoms with Crippen LogP contribution in [0.15, 0.2) is 58.4 Å². The summed E-state index contributed by atoms with van der Waals surface area (Å²) in [5.74, 6) is -0.975. The molecular weight excluding hydrogens is 371 g/mol. The maximum Gasteiger partial charge on any atom is 0.292 e. The molecule has 29 heavy (non-hydrogen) atoms. The Morgan fingerprint density at radius 1 is 1.10 bits per heavy atom. The number of hydrazone groups is 1. The smallest absolute Gasteiger partial charge is 0.267 e. The molecule has 0 saturated heterocycles. The molecule has 0 aliphatic rings. The van der Waals surface area contributed by atoms with Crippen LogP contribution in [0.25, 0.3) is 10.8 Å². The van der Waals surface area contributed by atoms with Gasteiger partial charge in [-0.05, 0) is 25.5 Å². The van der Waals surface area contributed by atoms with Gasteiger partial charge in [-0.1, -0.05) is 56.2 Å². The van der Waals surface area contributed by atoms with E-state index in [1.165, 1.54) is 10.7 Å². The fourth-order valence-electron chi connectivity index (χ4n) is 3.07. The van der Waals surface area contributed by atoms with Crippen molar-refractivity contribution in [3.63, 3.8) is 0 Å². The first-order valence-corrected chi connectivity index (χ1v) is 9.62. The Morgan fingerprint density at radius 2 is 1.79 bits per heavy atom. The van der Waals surface area contributed by atoms with E-state index in [0.717, 1.165) is 19.3 Å². The quantitative estimate of drug-likeness (QED) is 0.375. The number of rotatable bonds is 7. The largest absolute Gasteiger partial charge is 0.292 e. The van der Waals surface area contributed by atoms with E-state index in [1.54, 1.807) is 49.4 Å². The predicted molar refractivity (Wildman–Crippen MR) is 112 cm³/mol. The molecule has 0 radical (unpaired) electrons. The van der Waals surface area contributed by atoms with Gasteiger partial charge in [-0.25, -0.2) is 14.5 Å². The molecule has 6 nitrogen and oxygen atoms in total. The summed E-state index contributed by atoms with van der Waals surface area (Å²) in [4.78, 5) is 25.5. The van der Waals surface area contributed by atoms with Gasteiger partial charge in [0, 0.05) is 17.5 Å². The molecule has 1 aromatic heterocycles. The highest BCUT2D eigenvalue weighted by molar-refractivity contribution is 6.06. The Balaban J connectivity index is 1.94. The van der Waals surface area contributed by atoms with Crippen molar-refractivity contribution in [1.29, 1.82) is 0 Å². The van der Waals surface area contributed by atoms with E-state index >= 15 is 0 Å². The van der Waals surface area contributed by atoms with Gasteiger partial charge >= 0.3 is 0 Å². The summed E-state index contributed by atoms with van der Waals surface area (Å²) < 4.78 is 15.2. The number of benzene rings is 2. The summed E-state index contributed by atoms with van der Waals surface area (Å²) in [5.41, 5.74) is 2.96. The number of amides is 1. The minimum atomic E-state index is -0.555. The van der Waals surface area contributed by atoms with E-state index in [4.69, 9.17) is 0 Å². The van der Waals surface area contributed by atoms with E-state index in [1.807, 2.05) is 0 Å². The standard InChI is InChI=1S/C22H23FN4O2/c1-3-4-9-14-27-22(29)18-12-6-5-11-17(18)20(26-27)21(28)25-24-15(2)16-10-7-8-13-19(16)23/h5-8,10-13H,3-4,9,14H2,1-2H3,(H,25,28)/b24-15-. The summed E-state index contributed by atoms with van der Waals surface area (Å²) >= 11 is 0. The Bertz CT molecular complexity index is 1120. The van der Waals surface area contributed by atoms with Crippen LogP contribution < -0.4 is 11.0 Å². The number of nitrogens with zero attached hydrogens (tertiary/aromatic N) is 3. The second-order valence-corrected chi connectivity index (χ2v) is 6.75. The zero-order valence-electron chi connectivity index (χ0n) is 16.5. The fraction of sp³-hybridized carbons (Fsp3) is 0.273. The van der Waals surface area contributed by atoms with E-state index in [9.17, 15) is 14.0 Å². The lowest BCUT2D eigenvalue weighted by Crippen LogP contribution is -2.29. The molecule has 0 aliphatic carbocycles. The topological polar surface area (TPSA) is 76.3 Å². The lowest BCUT2D eigenvalue weighted by molar-refractivity contribution is 0.0949. The number of hydrogen-bond donors (Lipinski definition) is 1. The van der Waals surface area contributed by atoms with Crippen LogP contribution in [0.4, 0.5) is 4.39 Å². The Labute approximate surface area is 168 Å². The number of nitrogens with one attached hydrogen (secondary N) is 1. The zero-order valence-corrected chi connectivity index (χ0v) is 16.5. The highest BCUT2D eigenvalue weighted by Gasteiger charge is 2.16. The van der Waals surface area contributed by atoms with Crippen LogP contribution >= 0.6 is 0 Å². The first-order valence-electron chi connectivity index (χ1n) is 9.62. The van der Waals surface area contributed by atoms with Crippen molar-refractivity contribution in [1.82, 2.24) is 15.2 Å². The number of aryl methyl sites for hydroxylation is 1. The zero-order chi connectivity index (χ0) is 20.8. The first kappa shape index (κ1) is 20.4. The first-order chi connectivity index (χ1) is 14.0. The lowest BCUT2D eigenvalue weighted by Gasteiger charge is -2.10. The summed E-state index contributed by atoms with van der Waals surface area (Å²) in [7, 11) is 0. The molecule has 3 aromatic rings. The van der Waals surface area contributed by atoms with Crippen molar-refractivity contribution in [3.8, 4) is 0 Å². The third kappa shape index (κ3) is 4.56. The van der Waals surface area contributed by atoms with Gasteiger partial charge in [0.1, 0.15) is 5.82 Å². The molecule has 0 saturated carbocycles. The summed E-state index contributed by atoms with van der Waals surface area (Å²) in [6, 6.07) is 13.1. The van der Waals surface area contributed by atoms with Crippen molar-refractivity contribution in [2.75, 3.05) is 0 Å². The van der Waals surface area contributed by atoms with Crippen molar-refractivity contribution in [2.45, 2.75) is 39.7 Å². The SMILES string of the molecule is CCCCCn1nc(C(=O)N/N=C(/C)c2ccccc2F)c2ccccc2c1=O. The molecule has 1 N–H and O–H groups in total. The second kappa shape index (κ2) is 9.23. The molecule has 2 aromatic carbocycles. The number of carbonyl (C=O) groups is 1. The summed E-state index contributed by atoms with van der Waals surface area (Å²) in [6.45, 7) is 4.12. The lowest BCUT2D eigenvalue weighted by atomic mass is 10.1. The summed E-state index contributed by atoms with van der Waals surface area (Å²) in [5, 5.41) is 9.19. The molecule has 7 heteroatoms. The van der Waals surface area contributed by atoms with Gasteiger partial charge in [0.15, 0.2) is 5.69 Å². The molecule has 0 fully saturated rings. The van der Waals surface area contributed by atoms with Crippen LogP contribution in [-0.4, -0.2) is 21.4 Å². The van der Waals surface area contributed by atoms with E-state index < -0.39 is 11.7 Å². The van der Waals surface area contributed by atoms with Gasteiger partial charge in [0.05, 0.1) is 11.1 Å². The molecule has 1 amide bonds. The number of carbonyl (C=O) groups excluding carboxylic acids is 1. The fourth-order valence-corrected chi connectivity index (χ4v) is 3.07. The molecular formula is C22H23FN4O2. The van der Waals surface area contributed by atoms with Gasteiger partial charge in [-0.15, -0.1) is 0 Å². The molecule has 150 valence electrons. The highest BCUT2D eigenvalue weighted by Crippen LogP contribution is 2.14. The average Bonchev–Trinajstić information content (AvgIpc) is 2.74. The minimum Gasteiger partial charge on any atom is -0.267 e. The monoisotopic (exact) mass is 394 g/mol. The molecule has 3 rings (SSSR count). The molecule has 0 unspecified atom stereocenters. The Morgan fingerprint density at radius 3 is 2.52 bits per heavy atom. The van der Waals surface area contributed by atoms with Crippen molar-refractivity contribution in [2.24, 2.45) is 5.10 Å². The van der Waals surface area contributed by atoms with Crippen LogP contribution in [0, 0.1) is 5.82 Å².